The van der Waals surface area contributed by atoms with E-state index in [-0.39, 0.29) is 19.1 Å². The maximum absolute atomic E-state index is 12.2. The first-order chi connectivity index (χ1) is 8.63. The molecule has 98 valence electrons. The molecule has 1 atom stereocenters. The number of carboxylic acid groups (broad SMARTS) is 1. The molecule has 0 aromatic carbocycles. The van der Waals surface area contributed by atoms with Crippen molar-refractivity contribution in [3.05, 3.63) is 16.3 Å². The number of amides is 1. The molecule has 1 aliphatic heterocycles. The Morgan fingerprint density at radius 3 is 3.00 bits per heavy atom. The maximum Gasteiger partial charge on any atom is 0.328 e. The zero-order valence-electron chi connectivity index (χ0n) is 9.79. The number of aliphatic carboxylic acids is 1. The van der Waals surface area contributed by atoms with Crippen LogP contribution in [0.4, 0.5) is 0 Å². The fourth-order valence-electron chi connectivity index (χ4n) is 1.73. The lowest BCUT2D eigenvalue weighted by molar-refractivity contribution is -0.147. The third-order valence-electron chi connectivity index (χ3n) is 2.70. The van der Waals surface area contributed by atoms with Gasteiger partial charge in [-0.2, -0.15) is 0 Å². The number of carbonyl (C=O) groups excluding carboxylic acids is 1. The molecule has 0 saturated carbocycles. The van der Waals surface area contributed by atoms with E-state index in [9.17, 15) is 9.59 Å². The highest BCUT2D eigenvalue weighted by Crippen LogP contribution is 2.24. The third-order valence-corrected chi connectivity index (χ3v) is 3.59. The summed E-state index contributed by atoms with van der Waals surface area (Å²) in [6.45, 7) is 0.678. The molecule has 0 aliphatic carbocycles. The summed E-state index contributed by atoms with van der Waals surface area (Å²) in [6, 6.07) is 0.695. The van der Waals surface area contributed by atoms with Gasteiger partial charge >= 0.3 is 5.97 Å². The second kappa shape index (κ2) is 5.36. The molecule has 2 rings (SSSR count). The smallest absolute Gasteiger partial charge is 0.328 e. The SMILES string of the molecule is COc1csc(C(=O)N2CCOCC2C(=O)O)c1. The number of carbonyl (C=O) groups is 2. The van der Waals surface area contributed by atoms with Gasteiger partial charge in [0.15, 0.2) is 6.04 Å². The van der Waals surface area contributed by atoms with Crippen LogP contribution in [0, 0.1) is 0 Å². The van der Waals surface area contributed by atoms with E-state index in [1.165, 1.54) is 23.3 Å². The standard InChI is InChI=1S/C11H13NO5S/c1-16-7-4-9(18-6-7)10(13)12-2-3-17-5-8(12)11(14)15/h4,6,8H,2-3,5H2,1H3,(H,14,15). The van der Waals surface area contributed by atoms with Crippen molar-refractivity contribution in [2.75, 3.05) is 26.9 Å². The highest BCUT2D eigenvalue weighted by molar-refractivity contribution is 7.12. The molecule has 0 radical (unpaired) electrons. The molecule has 1 amide bonds. The molecule has 18 heavy (non-hydrogen) atoms. The van der Waals surface area contributed by atoms with Crippen molar-refractivity contribution in [1.82, 2.24) is 4.90 Å². The third kappa shape index (κ3) is 2.46. The minimum Gasteiger partial charge on any atom is -0.496 e. The van der Waals surface area contributed by atoms with Crippen molar-refractivity contribution in [3.63, 3.8) is 0 Å². The van der Waals surface area contributed by atoms with Gasteiger partial charge in [-0.15, -0.1) is 11.3 Å². The molecule has 1 aliphatic rings. The zero-order valence-corrected chi connectivity index (χ0v) is 10.6. The molecule has 0 bridgehead atoms. The van der Waals surface area contributed by atoms with Gasteiger partial charge in [0.25, 0.3) is 5.91 Å². The van der Waals surface area contributed by atoms with Crippen molar-refractivity contribution in [2.45, 2.75) is 6.04 Å². The van der Waals surface area contributed by atoms with Gasteiger partial charge in [0.2, 0.25) is 0 Å². The predicted molar refractivity (Wildman–Crippen MR) is 64.2 cm³/mol. The van der Waals surface area contributed by atoms with Crippen LogP contribution in [0.2, 0.25) is 0 Å². The van der Waals surface area contributed by atoms with Gasteiger partial charge in [-0.3, -0.25) is 4.79 Å². The summed E-state index contributed by atoms with van der Waals surface area (Å²) in [5.74, 6) is -0.742. The first-order valence-corrected chi connectivity index (χ1v) is 6.25. The minimum absolute atomic E-state index is 0.0313. The fraction of sp³-hybridized carbons (Fsp3) is 0.455. The average Bonchev–Trinajstić information content (AvgIpc) is 2.86. The van der Waals surface area contributed by atoms with E-state index in [0.29, 0.717) is 17.2 Å². The number of carboxylic acids is 1. The average molecular weight is 271 g/mol. The molecule has 1 N–H and O–H groups in total. The highest BCUT2D eigenvalue weighted by Gasteiger charge is 2.33. The number of hydrogen-bond donors (Lipinski definition) is 1. The van der Waals surface area contributed by atoms with Gasteiger partial charge < -0.3 is 19.5 Å². The van der Waals surface area contributed by atoms with E-state index in [4.69, 9.17) is 14.6 Å². The van der Waals surface area contributed by atoms with Crippen LogP contribution in [0.5, 0.6) is 5.75 Å². The number of nitrogens with zero attached hydrogens (tertiary/aromatic N) is 1. The van der Waals surface area contributed by atoms with Crippen LogP contribution in [-0.4, -0.2) is 54.8 Å². The number of ether oxygens (including phenoxy) is 2. The predicted octanol–water partition coefficient (Wildman–Crippen LogP) is 0.682. The molecular formula is C11H13NO5S. The summed E-state index contributed by atoms with van der Waals surface area (Å²) >= 11 is 1.24. The van der Waals surface area contributed by atoms with E-state index in [2.05, 4.69) is 0 Å². The van der Waals surface area contributed by atoms with E-state index in [0.717, 1.165) is 0 Å². The monoisotopic (exact) mass is 271 g/mol. The number of rotatable bonds is 3. The molecule has 1 aromatic heterocycles. The Morgan fingerprint density at radius 2 is 2.39 bits per heavy atom. The summed E-state index contributed by atoms with van der Waals surface area (Å²) in [6.07, 6.45) is 0. The van der Waals surface area contributed by atoms with E-state index >= 15 is 0 Å². The van der Waals surface area contributed by atoms with Crippen LogP contribution < -0.4 is 4.74 Å². The van der Waals surface area contributed by atoms with Gasteiger partial charge in [-0.1, -0.05) is 0 Å². The van der Waals surface area contributed by atoms with Gasteiger partial charge in [-0.05, 0) is 0 Å². The molecule has 0 spiro atoms. The Morgan fingerprint density at radius 1 is 1.61 bits per heavy atom. The first kappa shape index (κ1) is 12.8. The molecule has 7 heteroatoms. The van der Waals surface area contributed by atoms with Crippen LogP contribution in [0.15, 0.2) is 11.4 Å². The molecule has 1 fully saturated rings. The van der Waals surface area contributed by atoms with Crippen molar-refractivity contribution in [3.8, 4) is 5.75 Å². The Bertz CT molecular complexity index is 458. The molecule has 2 heterocycles. The van der Waals surface area contributed by atoms with E-state index < -0.39 is 12.0 Å². The van der Waals surface area contributed by atoms with Crippen molar-refractivity contribution in [1.29, 1.82) is 0 Å². The van der Waals surface area contributed by atoms with Crippen molar-refractivity contribution in [2.24, 2.45) is 0 Å². The number of thiophene rings is 1. The molecule has 1 saturated heterocycles. The summed E-state index contributed by atoms with van der Waals surface area (Å²) < 4.78 is 10.1. The summed E-state index contributed by atoms with van der Waals surface area (Å²) in [5, 5.41) is 10.8. The normalized spacial score (nSPS) is 19.6. The Hall–Kier alpha value is -1.60. The van der Waals surface area contributed by atoms with Crippen molar-refractivity contribution >= 4 is 23.2 Å². The Labute approximate surface area is 108 Å². The van der Waals surface area contributed by atoms with E-state index in [1.807, 2.05) is 0 Å². The van der Waals surface area contributed by atoms with Crippen molar-refractivity contribution < 1.29 is 24.2 Å². The molecule has 1 unspecified atom stereocenters. The van der Waals surface area contributed by atoms with Gasteiger partial charge in [0.1, 0.15) is 5.75 Å². The second-order valence-corrected chi connectivity index (χ2v) is 4.69. The topological polar surface area (TPSA) is 76.1 Å². The molecule has 6 nitrogen and oxygen atoms in total. The second-order valence-electron chi connectivity index (χ2n) is 3.78. The van der Waals surface area contributed by atoms with Crippen LogP contribution >= 0.6 is 11.3 Å². The van der Waals surface area contributed by atoms with Crippen LogP contribution in [0.1, 0.15) is 9.67 Å². The lowest BCUT2D eigenvalue weighted by Crippen LogP contribution is -2.52. The number of methoxy groups -OCH3 is 1. The lowest BCUT2D eigenvalue weighted by atomic mass is 10.2. The Kier molecular flexibility index (Phi) is 3.83. The first-order valence-electron chi connectivity index (χ1n) is 5.37. The summed E-state index contributed by atoms with van der Waals surface area (Å²) in [4.78, 5) is 25.1. The largest absolute Gasteiger partial charge is 0.496 e. The Balaban J connectivity index is 2.17. The van der Waals surface area contributed by atoms with Crippen LogP contribution in [0.3, 0.4) is 0 Å². The summed E-state index contributed by atoms with van der Waals surface area (Å²) in [7, 11) is 1.52. The van der Waals surface area contributed by atoms with Gasteiger partial charge in [0.05, 0.1) is 25.2 Å². The number of morpholine rings is 1. The quantitative estimate of drug-likeness (QED) is 0.875. The maximum atomic E-state index is 12.2. The molecule has 1 aromatic rings. The zero-order chi connectivity index (χ0) is 13.1. The highest BCUT2D eigenvalue weighted by atomic mass is 32.1. The molecular weight excluding hydrogens is 258 g/mol. The number of hydrogen-bond acceptors (Lipinski definition) is 5. The van der Waals surface area contributed by atoms with E-state index in [1.54, 1.807) is 11.4 Å². The fourth-order valence-corrected chi connectivity index (χ4v) is 2.54. The lowest BCUT2D eigenvalue weighted by Gasteiger charge is -2.32. The minimum atomic E-state index is -1.05. The van der Waals surface area contributed by atoms with Gasteiger partial charge in [-0.25, -0.2) is 4.79 Å². The van der Waals surface area contributed by atoms with Crippen LogP contribution in [-0.2, 0) is 9.53 Å². The summed E-state index contributed by atoms with van der Waals surface area (Å²) in [5.41, 5.74) is 0. The van der Waals surface area contributed by atoms with Crippen LogP contribution in [0.25, 0.3) is 0 Å². The van der Waals surface area contributed by atoms with Gasteiger partial charge in [0, 0.05) is 18.0 Å².